The van der Waals surface area contributed by atoms with Crippen LogP contribution < -0.4 is 5.56 Å². The molecule has 3 rings (SSSR count). The molecule has 116 valence electrons. The summed E-state index contributed by atoms with van der Waals surface area (Å²) in [6, 6.07) is 12.3. The third kappa shape index (κ3) is 2.73. The number of aromatic nitrogens is 1. The Morgan fingerprint density at radius 3 is 2.61 bits per heavy atom. The van der Waals surface area contributed by atoms with Crippen molar-refractivity contribution in [3.8, 4) is 0 Å². The second kappa shape index (κ2) is 5.68. The first kappa shape index (κ1) is 15.0. The fraction of sp³-hybridized carbons (Fsp3) is 0.111. The molecule has 0 spiro atoms. The minimum atomic E-state index is -1.03. The molecule has 0 atom stereocenters. The van der Waals surface area contributed by atoms with Gasteiger partial charge in [-0.05, 0) is 42.1 Å². The average molecular weight is 311 g/mol. The Morgan fingerprint density at radius 2 is 1.91 bits per heavy atom. The Morgan fingerprint density at radius 1 is 1.17 bits per heavy atom. The first-order valence-corrected chi connectivity index (χ1v) is 7.08. The molecular weight excluding hydrogens is 297 g/mol. The second-order valence-corrected chi connectivity index (χ2v) is 5.39. The van der Waals surface area contributed by atoms with E-state index in [0.29, 0.717) is 22.0 Å². The Bertz CT molecular complexity index is 976. The maximum Gasteiger partial charge on any atom is 0.335 e. The van der Waals surface area contributed by atoms with E-state index in [0.717, 1.165) is 0 Å². The Kier molecular flexibility index (Phi) is 3.70. The minimum absolute atomic E-state index is 0.0934. The zero-order chi connectivity index (χ0) is 16.6. The lowest BCUT2D eigenvalue weighted by molar-refractivity contribution is 0.0697. The molecule has 0 unspecified atom stereocenters. The lowest BCUT2D eigenvalue weighted by Gasteiger charge is -2.13. The molecule has 0 aliphatic heterocycles. The monoisotopic (exact) mass is 311 g/mol. The van der Waals surface area contributed by atoms with Crippen LogP contribution in [0.4, 0.5) is 4.39 Å². The number of carboxylic acid groups (broad SMARTS) is 1. The third-order valence-electron chi connectivity index (χ3n) is 3.80. The van der Waals surface area contributed by atoms with Gasteiger partial charge in [-0.2, -0.15) is 0 Å². The summed E-state index contributed by atoms with van der Waals surface area (Å²) in [4.78, 5) is 23.4. The van der Waals surface area contributed by atoms with Crippen molar-refractivity contribution in [2.45, 2.75) is 13.5 Å². The summed E-state index contributed by atoms with van der Waals surface area (Å²) in [6.45, 7) is 1.84. The third-order valence-corrected chi connectivity index (χ3v) is 3.80. The highest BCUT2D eigenvalue weighted by atomic mass is 19.1. The van der Waals surface area contributed by atoms with Gasteiger partial charge in [0, 0.05) is 11.6 Å². The topological polar surface area (TPSA) is 59.3 Å². The van der Waals surface area contributed by atoms with Crippen LogP contribution in [-0.2, 0) is 6.54 Å². The Labute approximate surface area is 131 Å². The second-order valence-electron chi connectivity index (χ2n) is 5.39. The predicted octanol–water partition coefficient (Wildman–Crippen LogP) is 3.20. The van der Waals surface area contributed by atoms with Crippen LogP contribution >= 0.6 is 0 Å². The highest BCUT2D eigenvalue weighted by molar-refractivity contribution is 5.94. The molecule has 0 aliphatic carbocycles. The van der Waals surface area contributed by atoms with E-state index < -0.39 is 5.97 Å². The predicted molar refractivity (Wildman–Crippen MR) is 85.4 cm³/mol. The number of aryl methyl sites for hydroxylation is 1. The van der Waals surface area contributed by atoms with Crippen LogP contribution in [0.5, 0.6) is 0 Å². The number of aromatic carboxylic acids is 1. The summed E-state index contributed by atoms with van der Waals surface area (Å²) >= 11 is 0. The molecule has 23 heavy (non-hydrogen) atoms. The summed E-state index contributed by atoms with van der Waals surface area (Å²) < 4.78 is 15.4. The van der Waals surface area contributed by atoms with Gasteiger partial charge in [0.15, 0.2) is 0 Å². The van der Waals surface area contributed by atoms with Crippen LogP contribution in [0.3, 0.4) is 0 Å². The summed E-state index contributed by atoms with van der Waals surface area (Å²) in [5.74, 6) is -1.40. The highest BCUT2D eigenvalue weighted by Gasteiger charge is 2.12. The SMILES string of the molecule is Cc1cc(C(=O)O)cc2ccc(=O)n(Cc3ccccc3F)c12. The first-order valence-electron chi connectivity index (χ1n) is 7.08. The molecule has 0 fully saturated rings. The fourth-order valence-corrected chi connectivity index (χ4v) is 2.74. The molecule has 2 aromatic carbocycles. The largest absolute Gasteiger partial charge is 0.478 e. The van der Waals surface area contributed by atoms with Gasteiger partial charge in [0.25, 0.3) is 5.56 Å². The van der Waals surface area contributed by atoms with Crippen LogP contribution in [0.2, 0.25) is 0 Å². The van der Waals surface area contributed by atoms with Gasteiger partial charge in [0.1, 0.15) is 5.82 Å². The summed E-state index contributed by atoms with van der Waals surface area (Å²) in [7, 11) is 0. The van der Waals surface area contributed by atoms with E-state index >= 15 is 0 Å². The Hall–Kier alpha value is -2.95. The number of hydrogen-bond donors (Lipinski definition) is 1. The molecule has 4 nitrogen and oxygen atoms in total. The molecule has 0 saturated carbocycles. The number of rotatable bonds is 3. The summed E-state index contributed by atoms with van der Waals surface area (Å²) in [5, 5.41) is 9.78. The van der Waals surface area contributed by atoms with Gasteiger partial charge in [0.2, 0.25) is 0 Å². The maximum absolute atomic E-state index is 13.9. The quantitative estimate of drug-likeness (QED) is 0.808. The fourth-order valence-electron chi connectivity index (χ4n) is 2.74. The maximum atomic E-state index is 13.9. The van der Waals surface area contributed by atoms with E-state index in [1.165, 1.54) is 28.8 Å². The molecule has 1 N–H and O–H groups in total. The van der Waals surface area contributed by atoms with Crippen molar-refractivity contribution in [2.75, 3.05) is 0 Å². The molecule has 0 amide bonds. The number of carbonyl (C=O) groups is 1. The standard InChI is InChI=1S/C18H14FNO3/c1-11-8-14(18(22)23)9-12-6-7-16(21)20(17(11)12)10-13-4-2-3-5-15(13)19/h2-9H,10H2,1H3,(H,22,23). The van der Waals surface area contributed by atoms with Gasteiger partial charge < -0.3 is 9.67 Å². The highest BCUT2D eigenvalue weighted by Crippen LogP contribution is 2.21. The number of hydrogen-bond acceptors (Lipinski definition) is 2. The van der Waals surface area contributed by atoms with Crippen molar-refractivity contribution < 1.29 is 14.3 Å². The smallest absolute Gasteiger partial charge is 0.335 e. The van der Waals surface area contributed by atoms with Crippen molar-refractivity contribution in [1.29, 1.82) is 0 Å². The van der Waals surface area contributed by atoms with Crippen LogP contribution in [0.25, 0.3) is 10.9 Å². The van der Waals surface area contributed by atoms with E-state index in [4.69, 9.17) is 5.11 Å². The molecule has 5 heteroatoms. The zero-order valence-corrected chi connectivity index (χ0v) is 12.4. The average Bonchev–Trinajstić information content (AvgIpc) is 2.51. The van der Waals surface area contributed by atoms with Crippen LogP contribution in [0.15, 0.2) is 53.3 Å². The zero-order valence-electron chi connectivity index (χ0n) is 12.4. The normalized spacial score (nSPS) is 10.9. The number of halogens is 1. The molecule has 0 bridgehead atoms. The lowest BCUT2D eigenvalue weighted by Crippen LogP contribution is -2.21. The van der Waals surface area contributed by atoms with Crippen LogP contribution in [0, 0.1) is 12.7 Å². The van der Waals surface area contributed by atoms with Crippen molar-refractivity contribution in [3.05, 3.63) is 81.4 Å². The minimum Gasteiger partial charge on any atom is -0.478 e. The van der Waals surface area contributed by atoms with Crippen molar-refractivity contribution in [3.63, 3.8) is 0 Å². The number of nitrogens with zero attached hydrogens (tertiary/aromatic N) is 1. The number of carboxylic acids is 1. The first-order chi connectivity index (χ1) is 11.0. The molecule has 0 radical (unpaired) electrons. The van der Waals surface area contributed by atoms with E-state index in [1.807, 2.05) is 0 Å². The van der Waals surface area contributed by atoms with Crippen molar-refractivity contribution in [1.82, 2.24) is 4.57 Å². The van der Waals surface area contributed by atoms with Gasteiger partial charge in [-0.25, -0.2) is 9.18 Å². The van der Waals surface area contributed by atoms with E-state index in [2.05, 4.69) is 0 Å². The molecular formula is C18H14FNO3. The van der Waals surface area contributed by atoms with Gasteiger partial charge in [-0.15, -0.1) is 0 Å². The van der Waals surface area contributed by atoms with Crippen molar-refractivity contribution in [2.24, 2.45) is 0 Å². The van der Waals surface area contributed by atoms with Gasteiger partial charge in [-0.3, -0.25) is 4.79 Å². The van der Waals surface area contributed by atoms with Crippen LogP contribution in [-0.4, -0.2) is 15.6 Å². The summed E-state index contributed by atoms with van der Waals surface area (Å²) in [6.07, 6.45) is 0. The number of fused-ring (bicyclic) bond motifs is 1. The lowest BCUT2D eigenvalue weighted by atomic mass is 10.1. The van der Waals surface area contributed by atoms with E-state index in [1.54, 1.807) is 31.2 Å². The molecule has 0 aliphatic rings. The molecule has 0 saturated heterocycles. The molecule has 3 aromatic rings. The van der Waals surface area contributed by atoms with Gasteiger partial charge in [0.05, 0.1) is 17.6 Å². The van der Waals surface area contributed by atoms with Gasteiger partial charge in [-0.1, -0.05) is 18.2 Å². The van der Waals surface area contributed by atoms with E-state index in [9.17, 15) is 14.0 Å². The van der Waals surface area contributed by atoms with E-state index in [-0.39, 0.29) is 23.5 Å². The Balaban J connectivity index is 2.24. The summed E-state index contributed by atoms with van der Waals surface area (Å²) in [5.41, 5.74) is 1.58. The number of benzene rings is 2. The molecule has 1 heterocycles. The van der Waals surface area contributed by atoms with Crippen molar-refractivity contribution >= 4 is 16.9 Å². The number of pyridine rings is 1. The molecule has 1 aromatic heterocycles. The van der Waals surface area contributed by atoms with Crippen LogP contribution in [0.1, 0.15) is 21.5 Å². The van der Waals surface area contributed by atoms with Gasteiger partial charge >= 0.3 is 5.97 Å².